The molecular formula is C19H20N2O4. The van der Waals surface area contributed by atoms with Crippen molar-refractivity contribution in [2.24, 2.45) is 0 Å². The van der Waals surface area contributed by atoms with E-state index >= 15 is 0 Å². The Labute approximate surface area is 146 Å². The number of ether oxygens (including phenoxy) is 2. The fraction of sp³-hybridized carbons (Fsp3) is 0.263. The van der Waals surface area contributed by atoms with Crippen molar-refractivity contribution in [3.63, 3.8) is 0 Å². The lowest BCUT2D eigenvalue weighted by Gasteiger charge is -2.18. The van der Waals surface area contributed by atoms with E-state index in [1.165, 1.54) is 4.90 Å². The quantitative estimate of drug-likeness (QED) is 0.818. The summed E-state index contributed by atoms with van der Waals surface area (Å²) in [5.74, 6) is 0.802. The molecule has 0 spiro atoms. The van der Waals surface area contributed by atoms with Gasteiger partial charge in [-0.1, -0.05) is 30.3 Å². The molecule has 1 heterocycles. The minimum atomic E-state index is -0.614. The summed E-state index contributed by atoms with van der Waals surface area (Å²) in [4.78, 5) is 26.2. The molecule has 2 amide bonds. The van der Waals surface area contributed by atoms with Crippen molar-refractivity contribution in [2.75, 3.05) is 19.5 Å². The average Bonchev–Trinajstić information content (AvgIpc) is 2.90. The molecular weight excluding hydrogens is 320 g/mol. The second kappa shape index (κ2) is 7.25. The van der Waals surface area contributed by atoms with Crippen molar-refractivity contribution >= 4 is 17.5 Å². The van der Waals surface area contributed by atoms with Crippen LogP contribution in [0.4, 0.5) is 5.69 Å². The van der Waals surface area contributed by atoms with E-state index in [2.05, 4.69) is 5.32 Å². The number of likely N-dealkylation sites (tertiary alicyclic amines) is 1. The van der Waals surface area contributed by atoms with Crippen LogP contribution < -0.4 is 14.8 Å². The minimum absolute atomic E-state index is 0.117. The fourth-order valence-corrected chi connectivity index (χ4v) is 2.84. The maximum absolute atomic E-state index is 12.6. The molecule has 1 fully saturated rings. The van der Waals surface area contributed by atoms with Gasteiger partial charge in [0.2, 0.25) is 5.91 Å². The number of methoxy groups -OCH3 is 2. The van der Waals surface area contributed by atoms with E-state index in [0.29, 0.717) is 17.2 Å². The average molecular weight is 340 g/mol. The summed E-state index contributed by atoms with van der Waals surface area (Å²) < 4.78 is 10.5. The number of carbonyl (C=O) groups excluding carboxylic acids is 2. The second-order valence-corrected chi connectivity index (χ2v) is 5.77. The highest BCUT2D eigenvalue weighted by atomic mass is 16.5. The van der Waals surface area contributed by atoms with Crippen LogP contribution in [0.5, 0.6) is 11.5 Å². The van der Waals surface area contributed by atoms with Crippen LogP contribution in [0.1, 0.15) is 12.0 Å². The van der Waals surface area contributed by atoms with Gasteiger partial charge in [-0.25, -0.2) is 0 Å². The van der Waals surface area contributed by atoms with E-state index in [1.807, 2.05) is 30.3 Å². The summed E-state index contributed by atoms with van der Waals surface area (Å²) in [6.45, 7) is 0.284. The van der Waals surface area contributed by atoms with Crippen LogP contribution in [0.15, 0.2) is 48.5 Å². The molecule has 6 heteroatoms. The third-order valence-corrected chi connectivity index (χ3v) is 4.16. The first-order valence-electron chi connectivity index (χ1n) is 7.99. The first-order valence-corrected chi connectivity index (χ1v) is 7.99. The Hall–Kier alpha value is -3.02. The van der Waals surface area contributed by atoms with Crippen molar-refractivity contribution in [3.8, 4) is 11.5 Å². The zero-order valence-electron chi connectivity index (χ0n) is 14.2. The third-order valence-electron chi connectivity index (χ3n) is 4.16. The van der Waals surface area contributed by atoms with Crippen LogP contribution in [-0.4, -0.2) is 37.0 Å². The summed E-state index contributed by atoms with van der Waals surface area (Å²) in [6, 6.07) is 14.1. The molecule has 25 heavy (non-hydrogen) atoms. The van der Waals surface area contributed by atoms with Crippen LogP contribution in [0.2, 0.25) is 0 Å². The lowest BCUT2D eigenvalue weighted by molar-refractivity contribution is -0.139. The third kappa shape index (κ3) is 3.57. The molecule has 1 aliphatic rings. The van der Waals surface area contributed by atoms with Crippen LogP contribution in [0.3, 0.4) is 0 Å². The van der Waals surface area contributed by atoms with E-state index in [0.717, 1.165) is 5.56 Å². The molecule has 1 atom stereocenters. The van der Waals surface area contributed by atoms with Gasteiger partial charge in [0.05, 0.1) is 32.9 Å². The van der Waals surface area contributed by atoms with Crippen LogP contribution in [-0.2, 0) is 16.1 Å². The Morgan fingerprint density at radius 3 is 2.52 bits per heavy atom. The Balaban J connectivity index is 1.76. The number of benzene rings is 2. The highest BCUT2D eigenvalue weighted by Gasteiger charge is 2.38. The number of rotatable bonds is 6. The number of imide groups is 1. The van der Waals surface area contributed by atoms with E-state index < -0.39 is 6.04 Å². The lowest BCUT2D eigenvalue weighted by Crippen LogP contribution is -2.34. The van der Waals surface area contributed by atoms with Crippen LogP contribution >= 0.6 is 0 Å². The van der Waals surface area contributed by atoms with Crippen molar-refractivity contribution < 1.29 is 19.1 Å². The highest BCUT2D eigenvalue weighted by Crippen LogP contribution is 2.31. The van der Waals surface area contributed by atoms with Crippen molar-refractivity contribution in [1.82, 2.24) is 4.90 Å². The first-order chi connectivity index (χ1) is 12.1. The topological polar surface area (TPSA) is 67.9 Å². The number of nitrogens with one attached hydrogen (secondary N) is 1. The van der Waals surface area contributed by atoms with Gasteiger partial charge < -0.3 is 14.8 Å². The summed E-state index contributed by atoms with van der Waals surface area (Å²) in [6.07, 6.45) is 0.117. The molecule has 0 aromatic heterocycles. The predicted molar refractivity (Wildman–Crippen MR) is 93.6 cm³/mol. The van der Waals surface area contributed by atoms with Gasteiger partial charge >= 0.3 is 0 Å². The molecule has 1 N–H and O–H groups in total. The normalized spacial score (nSPS) is 16.9. The second-order valence-electron chi connectivity index (χ2n) is 5.77. The van der Waals surface area contributed by atoms with Gasteiger partial charge in [-0.05, 0) is 17.7 Å². The van der Waals surface area contributed by atoms with Gasteiger partial charge in [-0.2, -0.15) is 0 Å². The molecule has 3 rings (SSSR count). The van der Waals surface area contributed by atoms with E-state index in [9.17, 15) is 9.59 Å². The number of hydrogen-bond acceptors (Lipinski definition) is 5. The van der Waals surface area contributed by atoms with Crippen LogP contribution in [0, 0.1) is 0 Å². The van der Waals surface area contributed by atoms with Gasteiger partial charge in [-0.15, -0.1) is 0 Å². The molecule has 1 unspecified atom stereocenters. The Bertz CT molecular complexity index is 776. The highest BCUT2D eigenvalue weighted by molar-refractivity contribution is 6.06. The van der Waals surface area contributed by atoms with E-state index in [-0.39, 0.29) is 24.8 Å². The summed E-state index contributed by atoms with van der Waals surface area (Å²) in [5.41, 5.74) is 1.54. The Morgan fingerprint density at radius 1 is 1.08 bits per heavy atom. The van der Waals surface area contributed by atoms with Crippen molar-refractivity contribution in [3.05, 3.63) is 54.1 Å². The predicted octanol–water partition coefficient (Wildman–Crippen LogP) is 2.44. The van der Waals surface area contributed by atoms with Gasteiger partial charge in [0.1, 0.15) is 17.5 Å². The van der Waals surface area contributed by atoms with Gasteiger partial charge in [0.25, 0.3) is 5.91 Å². The standard InChI is InChI=1S/C19H20N2O4/c1-24-14-8-9-17(25-2)15(10-14)20-16-11-18(22)21(19(16)23)12-13-6-4-3-5-7-13/h3-10,16,20H,11-12H2,1-2H3. The van der Waals surface area contributed by atoms with E-state index in [1.54, 1.807) is 32.4 Å². The van der Waals surface area contributed by atoms with Crippen molar-refractivity contribution in [2.45, 2.75) is 19.0 Å². The maximum atomic E-state index is 12.6. The number of nitrogens with zero attached hydrogens (tertiary/aromatic N) is 1. The number of anilines is 1. The fourth-order valence-electron chi connectivity index (χ4n) is 2.84. The Kier molecular flexibility index (Phi) is 4.88. The molecule has 0 radical (unpaired) electrons. The number of hydrogen-bond donors (Lipinski definition) is 1. The molecule has 6 nitrogen and oxygen atoms in total. The molecule has 1 aliphatic heterocycles. The largest absolute Gasteiger partial charge is 0.497 e. The molecule has 0 saturated carbocycles. The van der Waals surface area contributed by atoms with Gasteiger partial charge in [-0.3, -0.25) is 14.5 Å². The lowest BCUT2D eigenvalue weighted by atomic mass is 10.2. The molecule has 130 valence electrons. The molecule has 1 saturated heterocycles. The van der Waals surface area contributed by atoms with E-state index in [4.69, 9.17) is 9.47 Å². The van der Waals surface area contributed by atoms with Crippen molar-refractivity contribution in [1.29, 1.82) is 0 Å². The number of amides is 2. The summed E-state index contributed by atoms with van der Waals surface area (Å²) in [5, 5.41) is 3.11. The smallest absolute Gasteiger partial charge is 0.252 e. The zero-order valence-corrected chi connectivity index (χ0v) is 14.2. The van der Waals surface area contributed by atoms with Gasteiger partial charge in [0.15, 0.2) is 0 Å². The maximum Gasteiger partial charge on any atom is 0.252 e. The SMILES string of the molecule is COc1ccc(OC)c(NC2CC(=O)N(Cc3ccccc3)C2=O)c1. The monoisotopic (exact) mass is 340 g/mol. The summed E-state index contributed by atoms with van der Waals surface area (Å²) >= 11 is 0. The molecule has 0 bridgehead atoms. The minimum Gasteiger partial charge on any atom is -0.497 e. The summed E-state index contributed by atoms with van der Waals surface area (Å²) in [7, 11) is 3.12. The number of carbonyl (C=O) groups is 2. The molecule has 0 aliphatic carbocycles. The van der Waals surface area contributed by atoms with Crippen LogP contribution in [0.25, 0.3) is 0 Å². The van der Waals surface area contributed by atoms with Gasteiger partial charge in [0, 0.05) is 6.07 Å². The molecule has 2 aromatic carbocycles. The zero-order chi connectivity index (χ0) is 17.8. The Morgan fingerprint density at radius 2 is 1.84 bits per heavy atom. The molecule has 2 aromatic rings. The first kappa shape index (κ1) is 16.8.